The minimum Gasteiger partial charge on any atom is -0.381 e. The van der Waals surface area contributed by atoms with Gasteiger partial charge in [0.25, 0.3) is 0 Å². The van der Waals surface area contributed by atoms with E-state index in [1.54, 1.807) is 21.1 Å². The highest BCUT2D eigenvalue weighted by Crippen LogP contribution is 1.95. The number of nitrogens with one attached hydrogen (secondary N) is 3. The number of amidine groups is 1. The van der Waals surface area contributed by atoms with Gasteiger partial charge in [-0.3, -0.25) is 0 Å². The number of nitriles is 1. The fraction of sp³-hybridized carbons (Fsp3) is 0.429. The van der Waals surface area contributed by atoms with Gasteiger partial charge in [-0.25, -0.2) is 0 Å². The normalized spacial score (nSPS) is 9.85. The van der Waals surface area contributed by atoms with E-state index in [2.05, 4.69) is 21.2 Å². The van der Waals surface area contributed by atoms with Crippen LogP contribution in [0.5, 0.6) is 0 Å². The molecule has 0 heterocycles. The van der Waals surface area contributed by atoms with Crippen LogP contribution in [0.1, 0.15) is 0 Å². The molecular weight excluding hydrogens is 168 g/mol. The summed E-state index contributed by atoms with van der Waals surface area (Å²) >= 11 is 0. The fourth-order valence-corrected chi connectivity index (χ4v) is 0.793. The van der Waals surface area contributed by atoms with Crippen molar-refractivity contribution in [1.82, 2.24) is 16.1 Å². The third kappa shape index (κ3) is 2.91. The number of nitrogens with zero attached hydrogens (tertiary/aromatic N) is 2. The standard InChI is InChI=1S/C7H14N6/c1-10-7(11-2)5(4-8)6(9)13-12-3/h10-12H,1-3H3,(H2,9,13). The van der Waals surface area contributed by atoms with Gasteiger partial charge >= 0.3 is 0 Å². The van der Waals surface area contributed by atoms with Crippen molar-refractivity contribution in [3.63, 3.8) is 0 Å². The summed E-state index contributed by atoms with van der Waals surface area (Å²) < 4.78 is 0. The average molecular weight is 182 g/mol. The molecular formula is C7H14N6. The molecule has 0 rings (SSSR count). The van der Waals surface area contributed by atoms with Crippen LogP contribution >= 0.6 is 0 Å². The van der Waals surface area contributed by atoms with Crippen LogP contribution in [0.4, 0.5) is 0 Å². The average Bonchev–Trinajstić information content (AvgIpc) is 2.14. The minimum absolute atomic E-state index is 0.142. The zero-order valence-electron chi connectivity index (χ0n) is 7.97. The van der Waals surface area contributed by atoms with E-state index in [-0.39, 0.29) is 11.4 Å². The second kappa shape index (κ2) is 5.71. The molecule has 5 N–H and O–H groups in total. The maximum Gasteiger partial charge on any atom is 0.164 e. The lowest BCUT2D eigenvalue weighted by Crippen LogP contribution is -2.28. The van der Waals surface area contributed by atoms with Crippen LogP contribution in [0.15, 0.2) is 16.5 Å². The Morgan fingerprint density at radius 1 is 1.31 bits per heavy atom. The minimum atomic E-state index is 0.142. The van der Waals surface area contributed by atoms with Gasteiger partial charge in [0.2, 0.25) is 0 Å². The van der Waals surface area contributed by atoms with Crippen molar-refractivity contribution in [3.05, 3.63) is 11.4 Å². The van der Waals surface area contributed by atoms with Gasteiger partial charge in [0.05, 0.1) is 0 Å². The van der Waals surface area contributed by atoms with Crippen LogP contribution < -0.4 is 21.8 Å². The van der Waals surface area contributed by atoms with Crippen LogP contribution in [0, 0.1) is 11.3 Å². The van der Waals surface area contributed by atoms with E-state index >= 15 is 0 Å². The first-order valence-electron chi connectivity index (χ1n) is 3.71. The van der Waals surface area contributed by atoms with Gasteiger partial charge in [-0.1, -0.05) is 0 Å². The molecule has 0 aliphatic rings. The molecule has 0 atom stereocenters. The van der Waals surface area contributed by atoms with E-state index in [4.69, 9.17) is 11.0 Å². The van der Waals surface area contributed by atoms with Crippen molar-refractivity contribution in [3.8, 4) is 6.07 Å². The molecule has 0 bridgehead atoms. The second-order valence-electron chi connectivity index (χ2n) is 2.08. The van der Waals surface area contributed by atoms with Crippen LogP contribution in [-0.4, -0.2) is 27.0 Å². The molecule has 0 aromatic carbocycles. The fourth-order valence-electron chi connectivity index (χ4n) is 0.793. The number of hydrazone groups is 1. The van der Waals surface area contributed by atoms with Crippen molar-refractivity contribution >= 4 is 5.84 Å². The van der Waals surface area contributed by atoms with E-state index in [0.717, 1.165) is 0 Å². The van der Waals surface area contributed by atoms with Crippen LogP contribution in [0.2, 0.25) is 0 Å². The predicted molar refractivity (Wildman–Crippen MR) is 51.4 cm³/mol. The number of hydrogen-bond acceptors (Lipinski definition) is 5. The van der Waals surface area contributed by atoms with Gasteiger partial charge in [-0.15, -0.1) is 0 Å². The van der Waals surface area contributed by atoms with Crippen LogP contribution in [-0.2, 0) is 0 Å². The summed E-state index contributed by atoms with van der Waals surface area (Å²) in [5.74, 6) is 0.683. The summed E-state index contributed by atoms with van der Waals surface area (Å²) in [5.41, 5.74) is 8.30. The SMILES string of the molecule is CNN=C(N)C(C#N)=C(NC)NC. The lowest BCUT2D eigenvalue weighted by atomic mass is 10.2. The largest absolute Gasteiger partial charge is 0.381 e. The molecule has 0 saturated heterocycles. The number of nitrogens with two attached hydrogens (primary N) is 1. The third-order valence-corrected chi connectivity index (χ3v) is 1.35. The number of rotatable bonds is 4. The van der Waals surface area contributed by atoms with E-state index in [0.29, 0.717) is 5.82 Å². The summed E-state index contributed by atoms with van der Waals surface area (Å²) in [6.07, 6.45) is 0. The summed E-state index contributed by atoms with van der Waals surface area (Å²) in [6, 6.07) is 1.95. The van der Waals surface area contributed by atoms with Gasteiger partial charge in [-0.05, 0) is 0 Å². The highest BCUT2D eigenvalue weighted by Gasteiger charge is 2.07. The van der Waals surface area contributed by atoms with Gasteiger partial charge in [0, 0.05) is 21.1 Å². The molecule has 0 aliphatic heterocycles. The molecule has 0 aromatic heterocycles. The summed E-state index contributed by atoms with van der Waals surface area (Å²) in [7, 11) is 4.99. The zero-order chi connectivity index (χ0) is 10.3. The molecule has 0 fully saturated rings. The van der Waals surface area contributed by atoms with Crippen molar-refractivity contribution in [1.29, 1.82) is 5.26 Å². The Balaban J connectivity index is 4.99. The quantitative estimate of drug-likeness (QED) is 0.186. The molecule has 6 nitrogen and oxygen atoms in total. The maximum absolute atomic E-state index is 8.78. The van der Waals surface area contributed by atoms with Gasteiger partial charge < -0.3 is 21.8 Å². The molecule has 0 radical (unpaired) electrons. The second-order valence-corrected chi connectivity index (χ2v) is 2.08. The van der Waals surface area contributed by atoms with Crippen molar-refractivity contribution in [2.75, 3.05) is 21.1 Å². The highest BCUT2D eigenvalue weighted by atomic mass is 15.3. The lowest BCUT2D eigenvalue weighted by molar-refractivity contribution is 0.828. The Hall–Kier alpha value is -1.90. The summed E-state index contributed by atoms with van der Waals surface area (Å²) in [4.78, 5) is 0. The van der Waals surface area contributed by atoms with E-state index in [1.165, 1.54) is 0 Å². The third-order valence-electron chi connectivity index (χ3n) is 1.35. The van der Waals surface area contributed by atoms with Gasteiger partial charge in [-0.2, -0.15) is 10.4 Å². The molecule has 0 amide bonds. The van der Waals surface area contributed by atoms with Crippen LogP contribution in [0.3, 0.4) is 0 Å². The van der Waals surface area contributed by atoms with Crippen molar-refractivity contribution < 1.29 is 0 Å². The molecule has 0 aliphatic carbocycles. The Labute approximate surface area is 77.5 Å². The predicted octanol–water partition coefficient (Wildman–Crippen LogP) is -1.35. The topological polar surface area (TPSA) is 98.3 Å². The van der Waals surface area contributed by atoms with Gasteiger partial charge in [0.1, 0.15) is 17.5 Å². The summed E-state index contributed by atoms with van der Waals surface area (Å²) in [6.45, 7) is 0. The highest BCUT2D eigenvalue weighted by molar-refractivity contribution is 6.00. The van der Waals surface area contributed by atoms with Crippen molar-refractivity contribution in [2.24, 2.45) is 10.8 Å². The van der Waals surface area contributed by atoms with Crippen molar-refractivity contribution in [2.45, 2.75) is 0 Å². The first-order valence-corrected chi connectivity index (χ1v) is 3.71. The zero-order valence-corrected chi connectivity index (χ0v) is 7.97. The molecule has 0 aromatic rings. The molecule has 72 valence electrons. The Kier molecular flexibility index (Phi) is 4.88. The molecule has 6 heteroatoms. The molecule has 0 spiro atoms. The van der Waals surface area contributed by atoms with E-state index < -0.39 is 0 Å². The Morgan fingerprint density at radius 2 is 1.85 bits per heavy atom. The van der Waals surface area contributed by atoms with E-state index in [1.807, 2.05) is 6.07 Å². The lowest BCUT2D eigenvalue weighted by Gasteiger charge is -2.08. The maximum atomic E-state index is 8.78. The number of hydrogen-bond donors (Lipinski definition) is 4. The summed E-state index contributed by atoms with van der Waals surface area (Å²) in [5, 5.41) is 18.1. The Morgan fingerprint density at radius 3 is 2.15 bits per heavy atom. The first-order chi connectivity index (χ1) is 6.21. The molecule has 0 saturated carbocycles. The smallest absolute Gasteiger partial charge is 0.164 e. The first kappa shape index (κ1) is 11.1. The monoisotopic (exact) mass is 182 g/mol. The molecule has 13 heavy (non-hydrogen) atoms. The van der Waals surface area contributed by atoms with Crippen LogP contribution in [0.25, 0.3) is 0 Å². The van der Waals surface area contributed by atoms with E-state index in [9.17, 15) is 0 Å². The molecule has 0 unspecified atom stereocenters. The Bertz CT molecular complexity index is 253. The van der Waals surface area contributed by atoms with Gasteiger partial charge in [0.15, 0.2) is 5.84 Å².